The van der Waals surface area contributed by atoms with Gasteiger partial charge in [0.15, 0.2) is 0 Å². The third-order valence-corrected chi connectivity index (χ3v) is 6.19. The van der Waals surface area contributed by atoms with Crippen LogP contribution in [0.3, 0.4) is 0 Å². The lowest BCUT2D eigenvalue weighted by Gasteiger charge is -2.18. The molecule has 0 fully saturated rings. The summed E-state index contributed by atoms with van der Waals surface area (Å²) in [5.74, 6) is -2.84. The molecule has 0 aliphatic heterocycles. The molecule has 6 heteroatoms. The summed E-state index contributed by atoms with van der Waals surface area (Å²) in [5, 5.41) is 36.6. The summed E-state index contributed by atoms with van der Waals surface area (Å²) in [5.41, 5.74) is 0. The molecular formula is C25H48O6. The van der Waals surface area contributed by atoms with Crippen molar-refractivity contribution in [3.8, 4) is 0 Å². The predicted octanol–water partition coefficient (Wildman–Crippen LogP) is 5.78. The molecule has 0 saturated heterocycles. The summed E-state index contributed by atoms with van der Waals surface area (Å²) >= 11 is 0. The van der Waals surface area contributed by atoms with Crippen molar-refractivity contribution in [3.63, 3.8) is 0 Å². The van der Waals surface area contributed by atoms with Gasteiger partial charge >= 0.3 is 11.9 Å². The van der Waals surface area contributed by atoms with Crippen LogP contribution in [0.25, 0.3) is 0 Å². The fraction of sp³-hybridized carbons (Fsp3) is 0.920. The Kier molecular flexibility index (Phi) is 21.3. The minimum absolute atomic E-state index is 0.243. The van der Waals surface area contributed by atoms with E-state index in [2.05, 4.69) is 0 Å². The van der Waals surface area contributed by atoms with Crippen molar-refractivity contribution < 1.29 is 30.0 Å². The van der Waals surface area contributed by atoms with Crippen LogP contribution in [0, 0.1) is 11.8 Å². The highest BCUT2D eigenvalue weighted by Gasteiger charge is 2.26. The fourth-order valence-electron chi connectivity index (χ4n) is 4.15. The first-order valence-corrected chi connectivity index (χ1v) is 12.7. The summed E-state index contributed by atoms with van der Waals surface area (Å²) in [6.07, 6.45) is 18.0. The number of hydrogen-bond acceptors (Lipinski definition) is 4. The van der Waals surface area contributed by atoms with Gasteiger partial charge in [-0.2, -0.15) is 0 Å². The van der Waals surface area contributed by atoms with E-state index in [4.69, 9.17) is 10.2 Å². The van der Waals surface area contributed by atoms with Gasteiger partial charge in [0.05, 0.1) is 11.8 Å². The van der Waals surface area contributed by atoms with Crippen LogP contribution in [0.5, 0.6) is 0 Å². The Hall–Kier alpha value is -1.14. The highest BCUT2D eigenvalue weighted by Crippen LogP contribution is 2.24. The maximum Gasteiger partial charge on any atom is 0.306 e. The molecule has 0 aromatic heterocycles. The van der Waals surface area contributed by atoms with Crippen LogP contribution in [-0.2, 0) is 9.59 Å². The second-order valence-corrected chi connectivity index (χ2v) is 8.99. The molecule has 0 amide bonds. The summed E-state index contributed by atoms with van der Waals surface area (Å²) < 4.78 is 0. The zero-order valence-corrected chi connectivity index (χ0v) is 19.6. The van der Waals surface area contributed by atoms with Gasteiger partial charge in [-0.25, -0.2) is 0 Å². The molecule has 0 radical (unpaired) electrons. The van der Waals surface area contributed by atoms with Crippen LogP contribution in [0.4, 0.5) is 0 Å². The zero-order valence-electron chi connectivity index (χ0n) is 19.6. The highest BCUT2D eigenvalue weighted by molar-refractivity contribution is 5.73. The molecule has 0 heterocycles. The van der Waals surface area contributed by atoms with E-state index in [0.717, 1.165) is 103 Å². The van der Waals surface area contributed by atoms with Gasteiger partial charge in [-0.3, -0.25) is 9.59 Å². The Labute approximate surface area is 189 Å². The van der Waals surface area contributed by atoms with Crippen molar-refractivity contribution in [2.45, 2.75) is 122 Å². The van der Waals surface area contributed by atoms with Crippen LogP contribution >= 0.6 is 0 Å². The topological polar surface area (TPSA) is 115 Å². The van der Waals surface area contributed by atoms with E-state index >= 15 is 0 Å². The van der Waals surface area contributed by atoms with Gasteiger partial charge < -0.3 is 20.4 Å². The summed E-state index contributed by atoms with van der Waals surface area (Å²) in [4.78, 5) is 23.2. The number of aliphatic hydroxyl groups excluding tert-OH is 2. The Morgan fingerprint density at radius 1 is 0.452 bits per heavy atom. The zero-order chi connectivity index (χ0) is 23.2. The fourth-order valence-corrected chi connectivity index (χ4v) is 4.15. The highest BCUT2D eigenvalue weighted by atomic mass is 16.4. The number of carbonyl (C=O) groups is 2. The molecule has 184 valence electrons. The standard InChI is InChI=1S/C25H48O6/c26-19-15-11-7-3-1-5-9-13-17-22(24(28)29)21-23(25(30)31)18-14-10-6-2-4-8-12-16-20-27/h22-23,26-27H,1-21H2,(H,28,29)(H,30,31). The molecule has 4 N–H and O–H groups in total. The maximum absolute atomic E-state index is 11.6. The van der Waals surface area contributed by atoms with E-state index in [1.54, 1.807) is 0 Å². The average molecular weight is 445 g/mol. The van der Waals surface area contributed by atoms with Gasteiger partial charge in [-0.15, -0.1) is 0 Å². The molecule has 6 nitrogen and oxygen atoms in total. The third kappa shape index (κ3) is 19.3. The van der Waals surface area contributed by atoms with Crippen molar-refractivity contribution in [1.29, 1.82) is 0 Å². The second-order valence-electron chi connectivity index (χ2n) is 8.99. The second kappa shape index (κ2) is 22.1. The van der Waals surface area contributed by atoms with Gasteiger partial charge in [0.2, 0.25) is 0 Å². The SMILES string of the molecule is O=C(O)C(CCCCCCCCCCO)CC(CCCCCCCCCCO)C(=O)O. The van der Waals surface area contributed by atoms with Gasteiger partial charge in [0.1, 0.15) is 0 Å². The number of carboxylic acid groups (broad SMARTS) is 2. The van der Waals surface area contributed by atoms with Crippen molar-refractivity contribution in [1.82, 2.24) is 0 Å². The molecule has 2 unspecified atom stereocenters. The molecule has 0 aliphatic rings. The molecule has 2 atom stereocenters. The minimum Gasteiger partial charge on any atom is -0.481 e. The number of carboxylic acids is 2. The van der Waals surface area contributed by atoms with E-state index in [9.17, 15) is 19.8 Å². The molecule has 0 aromatic rings. The van der Waals surface area contributed by atoms with E-state index in [1.165, 1.54) is 0 Å². The first-order chi connectivity index (χ1) is 15.0. The lowest BCUT2D eigenvalue weighted by Crippen LogP contribution is -2.23. The Morgan fingerprint density at radius 2 is 0.710 bits per heavy atom. The number of hydrogen-bond donors (Lipinski definition) is 4. The largest absolute Gasteiger partial charge is 0.481 e. The lowest BCUT2D eigenvalue weighted by atomic mass is 9.87. The third-order valence-electron chi connectivity index (χ3n) is 6.19. The molecule has 0 bridgehead atoms. The molecule has 0 saturated carbocycles. The first kappa shape index (κ1) is 29.9. The van der Waals surface area contributed by atoms with Crippen LogP contribution < -0.4 is 0 Å². The van der Waals surface area contributed by atoms with Crippen molar-refractivity contribution in [2.75, 3.05) is 13.2 Å². The van der Waals surface area contributed by atoms with E-state index in [0.29, 0.717) is 12.8 Å². The molecule has 0 rings (SSSR count). The van der Waals surface area contributed by atoms with Crippen LogP contribution in [-0.4, -0.2) is 45.6 Å². The van der Waals surface area contributed by atoms with E-state index in [-0.39, 0.29) is 19.6 Å². The van der Waals surface area contributed by atoms with E-state index in [1.807, 2.05) is 0 Å². The Balaban J connectivity index is 3.97. The van der Waals surface area contributed by atoms with Gasteiger partial charge in [-0.05, 0) is 32.1 Å². The normalized spacial score (nSPS) is 13.2. The Bertz CT molecular complexity index is 388. The smallest absolute Gasteiger partial charge is 0.306 e. The van der Waals surface area contributed by atoms with Gasteiger partial charge in [-0.1, -0.05) is 89.9 Å². The average Bonchev–Trinajstić information content (AvgIpc) is 2.74. The molecule has 0 spiro atoms. The summed E-state index contributed by atoms with van der Waals surface area (Å²) in [6, 6.07) is 0. The van der Waals surface area contributed by atoms with Crippen molar-refractivity contribution in [3.05, 3.63) is 0 Å². The molecule has 31 heavy (non-hydrogen) atoms. The molecular weight excluding hydrogens is 396 g/mol. The number of unbranched alkanes of at least 4 members (excludes halogenated alkanes) is 14. The van der Waals surface area contributed by atoms with Crippen LogP contribution in [0.15, 0.2) is 0 Å². The Morgan fingerprint density at radius 3 is 0.968 bits per heavy atom. The van der Waals surface area contributed by atoms with Crippen LogP contribution in [0.2, 0.25) is 0 Å². The summed E-state index contributed by atoms with van der Waals surface area (Å²) in [6.45, 7) is 0.528. The number of rotatable bonds is 24. The van der Waals surface area contributed by atoms with Crippen LogP contribution in [0.1, 0.15) is 122 Å². The molecule has 0 aliphatic carbocycles. The number of aliphatic carboxylic acids is 2. The number of aliphatic hydroxyl groups is 2. The summed E-state index contributed by atoms with van der Waals surface area (Å²) in [7, 11) is 0. The van der Waals surface area contributed by atoms with Gasteiger partial charge in [0, 0.05) is 13.2 Å². The van der Waals surface area contributed by atoms with Gasteiger partial charge in [0.25, 0.3) is 0 Å². The van der Waals surface area contributed by atoms with Crippen molar-refractivity contribution >= 4 is 11.9 Å². The predicted molar refractivity (Wildman–Crippen MR) is 124 cm³/mol. The molecule has 0 aromatic carbocycles. The first-order valence-electron chi connectivity index (χ1n) is 12.7. The minimum atomic E-state index is -0.863. The maximum atomic E-state index is 11.6. The monoisotopic (exact) mass is 444 g/mol. The van der Waals surface area contributed by atoms with Crippen molar-refractivity contribution in [2.24, 2.45) is 11.8 Å². The van der Waals surface area contributed by atoms with E-state index < -0.39 is 23.8 Å². The lowest BCUT2D eigenvalue weighted by molar-refractivity contribution is -0.146. The quantitative estimate of drug-likeness (QED) is 0.140.